The van der Waals surface area contributed by atoms with E-state index in [0.29, 0.717) is 0 Å². The molecular formula is C35H22N2. The minimum Gasteiger partial charge on any atom is -0.293 e. The van der Waals surface area contributed by atoms with Crippen LogP contribution in [-0.2, 0) is 0 Å². The zero-order chi connectivity index (χ0) is 24.3. The molecular weight excluding hydrogens is 448 g/mol. The van der Waals surface area contributed by atoms with Crippen LogP contribution in [0.1, 0.15) is 0 Å². The van der Waals surface area contributed by atoms with E-state index in [-0.39, 0.29) is 0 Å². The maximum absolute atomic E-state index is 5.00. The van der Waals surface area contributed by atoms with Crippen LogP contribution in [0.2, 0.25) is 0 Å². The van der Waals surface area contributed by atoms with Crippen LogP contribution >= 0.6 is 0 Å². The number of hydrogen-bond donors (Lipinski definition) is 0. The van der Waals surface area contributed by atoms with E-state index in [1.54, 1.807) is 0 Å². The average Bonchev–Trinajstić information content (AvgIpc) is 3.39. The predicted octanol–water partition coefficient (Wildman–Crippen LogP) is 9.28. The van der Waals surface area contributed by atoms with E-state index in [1.165, 1.54) is 59.9 Å². The smallest absolute Gasteiger partial charge is 0.145 e. The van der Waals surface area contributed by atoms with Crippen LogP contribution in [-0.4, -0.2) is 9.38 Å². The van der Waals surface area contributed by atoms with Crippen LogP contribution in [0.25, 0.3) is 71.3 Å². The second kappa shape index (κ2) is 7.78. The predicted molar refractivity (Wildman–Crippen MR) is 156 cm³/mol. The topological polar surface area (TPSA) is 17.3 Å². The lowest BCUT2D eigenvalue weighted by atomic mass is 9.91. The molecule has 5 aromatic carbocycles. The van der Waals surface area contributed by atoms with Crippen LogP contribution in [0, 0.1) is 0 Å². The van der Waals surface area contributed by atoms with E-state index in [9.17, 15) is 0 Å². The zero-order valence-corrected chi connectivity index (χ0v) is 20.1. The molecule has 37 heavy (non-hydrogen) atoms. The number of rotatable bonds is 2. The van der Waals surface area contributed by atoms with Gasteiger partial charge in [-0.2, -0.15) is 0 Å². The Balaban J connectivity index is 1.76. The Kier molecular flexibility index (Phi) is 4.26. The molecule has 0 fully saturated rings. The van der Waals surface area contributed by atoms with Gasteiger partial charge in [0.25, 0.3) is 0 Å². The molecule has 0 amide bonds. The minimum atomic E-state index is 0.978. The van der Waals surface area contributed by atoms with E-state index in [0.717, 1.165) is 11.3 Å². The third-order valence-corrected chi connectivity index (χ3v) is 7.59. The fourth-order valence-electron chi connectivity index (χ4n) is 6.07. The first-order valence-corrected chi connectivity index (χ1v) is 12.7. The summed E-state index contributed by atoms with van der Waals surface area (Å²) in [6.07, 6.45) is 1.91. The number of aromatic nitrogens is 2. The molecule has 0 aliphatic carbocycles. The van der Waals surface area contributed by atoms with Gasteiger partial charge in [-0.05, 0) is 50.9 Å². The summed E-state index contributed by atoms with van der Waals surface area (Å²) in [6.45, 7) is 0. The highest BCUT2D eigenvalue weighted by molar-refractivity contribution is 6.35. The van der Waals surface area contributed by atoms with Crippen molar-refractivity contribution in [3.05, 3.63) is 134 Å². The van der Waals surface area contributed by atoms with Crippen LogP contribution in [0.5, 0.6) is 0 Å². The van der Waals surface area contributed by atoms with E-state index >= 15 is 0 Å². The van der Waals surface area contributed by atoms with Gasteiger partial charge in [-0.25, -0.2) is 4.98 Å². The molecule has 3 heterocycles. The summed E-state index contributed by atoms with van der Waals surface area (Å²) in [5, 5.41) is 8.78. The average molecular weight is 471 g/mol. The molecule has 2 heteroatoms. The molecule has 8 aromatic rings. The van der Waals surface area contributed by atoms with Crippen molar-refractivity contribution >= 4 is 48.9 Å². The molecule has 0 unspecified atom stereocenters. The van der Waals surface area contributed by atoms with Crippen LogP contribution in [0.4, 0.5) is 0 Å². The molecule has 0 bridgehead atoms. The van der Waals surface area contributed by atoms with Crippen molar-refractivity contribution < 1.29 is 0 Å². The van der Waals surface area contributed by atoms with Crippen LogP contribution in [0.3, 0.4) is 0 Å². The Labute approximate surface area is 214 Å². The minimum absolute atomic E-state index is 0.978. The van der Waals surface area contributed by atoms with Crippen molar-refractivity contribution in [1.82, 2.24) is 9.38 Å². The first kappa shape index (κ1) is 20.3. The molecule has 0 aliphatic heterocycles. The Morgan fingerprint density at radius 1 is 0.459 bits per heavy atom. The number of fused-ring (bicyclic) bond motifs is 11. The van der Waals surface area contributed by atoms with E-state index in [4.69, 9.17) is 4.98 Å². The van der Waals surface area contributed by atoms with Gasteiger partial charge in [0.2, 0.25) is 0 Å². The summed E-state index contributed by atoms with van der Waals surface area (Å²) < 4.78 is 2.39. The third kappa shape index (κ3) is 2.84. The molecule has 0 spiro atoms. The Bertz CT molecular complexity index is 2110. The van der Waals surface area contributed by atoms with Gasteiger partial charge >= 0.3 is 0 Å². The standard InChI is InChI=1S/C35H22N2/c1-3-12-23(13-4-1)30-22-31(24-14-5-2-6-15-24)37-34(30)33-28-19-10-8-17-26(28)25-16-7-9-18-27(25)32(33)29-20-11-21-36-35(29)37/h1-22H. The molecule has 0 saturated carbocycles. The maximum Gasteiger partial charge on any atom is 0.145 e. The van der Waals surface area contributed by atoms with Crippen molar-refractivity contribution in [2.45, 2.75) is 0 Å². The fourth-order valence-corrected chi connectivity index (χ4v) is 6.07. The van der Waals surface area contributed by atoms with Crippen LogP contribution < -0.4 is 0 Å². The van der Waals surface area contributed by atoms with Crippen molar-refractivity contribution in [3.8, 4) is 22.4 Å². The monoisotopic (exact) mass is 470 g/mol. The molecule has 0 atom stereocenters. The molecule has 8 rings (SSSR count). The second-order valence-corrected chi connectivity index (χ2v) is 9.58. The molecule has 0 radical (unpaired) electrons. The zero-order valence-electron chi connectivity index (χ0n) is 20.1. The summed E-state index contributed by atoms with van der Waals surface area (Å²) in [5.74, 6) is 0. The summed E-state index contributed by atoms with van der Waals surface area (Å²) in [7, 11) is 0. The van der Waals surface area contributed by atoms with Gasteiger partial charge in [0.15, 0.2) is 0 Å². The van der Waals surface area contributed by atoms with E-state index in [2.05, 4.69) is 132 Å². The highest BCUT2D eigenvalue weighted by Crippen LogP contribution is 2.45. The highest BCUT2D eigenvalue weighted by atomic mass is 15.0. The summed E-state index contributed by atoms with van der Waals surface area (Å²) >= 11 is 0. The quantitative estimate of drug-likeness (QED) is 0.230. The molecule has 0 aliphatic rings. The first-order valence-electron chi connectivity index (χ1n) is 12.7. The normalized spacial score (nSPS) is 11.8. The van der Waals surface area contributed by atoms with Crippen molar-refractivity contribution in [3.63, 3.8) is 0 Å². The van der Waals surface area contributed by atoms with E-state index < -0.39 is 0 Å². The maximum atomic E-state index is 5.00. The van der Waals surface area contributed by atoms with Gasteiger partial charge in [0.05, 0.1) is 11.2 Å². The molecule has 3 aromatic heterocycles. The Morgan fingerprint density at radius 2 is 1.00 bits per heavy atom. The van der Waals surface area contributed by atoms with Gasteiger partial charge in [0.1, 0.15) is 5.65 Å². The lowest BCUT2D eigenvalue weighted by molar-refractivity contribution is 1.21. The van der Waals surface area contributed by atoms with Gasteiger partial charge in [-0.15, -0.1) is 0 Å². The van der Waals surface area contributed by atoms with Crippen molar-refractivity contribution in [1.29, 1.82) is 0 Å². The third-order valence-electron chi connectivity index (χ3n) is 7.59. The van der Waals surface area contributed by atoms with E-state index in [1.807, 2.05) is 6.20 Å². The summed E-state index contributed by atoms with van der Waals surface area (Å²) in [5.41, 5.74) is 6.93. The fraction of sp³-hybridized carbons (Fsp3) is 0. The number of benzene rings is 5. The van der Waals surface area contributed by atoms with Crippen molar-refractivity contribution in [2.75, 3.05) is 0 Å². The largest absolute Gasteiger partial charge is 0.293 e. The van der Waals surface area contributed by atoms with Crippen LogP contribution in [0.15, 0.2) is 134 Å². The van der Waals surface area contributed by atoms with Gasteiger partial charge < -0.3 is 0 Å². The second-order valence-electron chi connectivity index (χ2n) is 9.58. The molecule has 0 N–H and O–H groups in total. The number of pyridine rings is 2. The molecule has 172 valence electrons. The summed E-state index contributed by atoms with van der Waals surface area (Å²) in [4.78, 5) is 5.00. The van der Waals surface area contributed by atoms with Gasteiger partial charge in [-0.1, -0.05) is 109 Å². The first-order chi connectivity index (χ1) is 18.4. The lowest BCUT2D eigenvalue weighted by Crippen LogP contribution is -1.97. The van der Waals surface area contributed by atoms with Gasteiger partial charge in [0, 0.05) is 27.9 Å². The Morgan fingerprint density at radius 3 is 1.68 bits per heavy atom. The lowest BCUT2D eigenvalue weighted by Gasteiger charge is -2.17. The molecule has 2 nitrogen and oxygen atoms in total. The SMILES string of the molecule is c1ccc(-c2cc(-c3ccccc3)n3c4ncccc4c4c5ccccc5c5ccccc5c4c23)cc1. The van der Waals surface area contributed by atoms with Crippen molar-refractivity contribution in [2.24, 2.45) is 0 Å². The highest BCUT2D eigenvalue weighted by Gasteiger charge is 2.22. The number of nitrogens with zero attached hydrogens (tertiary/aromatic N) is 2. The molecule has 0 saturated heterocycles. The van der Waals surface area contributed by atoms with Gasteiger partial charge in [-0.3, -0.25) is 4.40 Å². The Hall–Kier alpha value is -4.95. The number of hydrogen-bond acceptors (Lipinski definition) is 1. The summed E-state index contributed by atoms with van der Waals surface area (Å²) in [6, 6.07) is 45.7.